The predicted octanol–water partition coefficient (Wildman–Crippen LogP) is 4.36. The summed E-state index contributed by atoms with van der Waals surface area (Å²) in [4.78, 5) is 18.2. The van der Waals surface area contributed by atoms with Gasteiger partial charge < -0.3 is 9.40 Å². The minimum atomic E-state index is -4.64. The predicted molar refractivity (Wildman–Crippen MR) is 82.6 cm³/mol. The molecule has 4 rings (SSSR count). The molecule has 0 bridgehead atoms. The van der Waals surface area contributed by atoms with Gasteiger partial charge in [-0.1, -0.05) is 18.2 Å². The molecule has 1 aromatic carbocycles. The van der Waals surface area contributed by atoms with Crippen LogP contribution in [0.15, 0.2) is 57.9 Å². The minimum absolute atomic E-state index is 0.125. The van der Waals surface area contributed by atoms with Gasteiger partial charge in [-0.25, -0.2) is 4.98 Å². The van der Waals surface area contributed by atoms with E-state index in [2.05, 4.69) is 9.97 Å². The monoisotopic (exact) mass is 330 g/mol. The van der Waals surface area contributed by atoms with Gasteiger partial charge in [-0.2, -0.15) is 13.2 Å². The summed E-state index contributed by atoms with van der Waals surface area (Å²) < 4.78 is 44.8. The van der Waals surface area contributed by atoms with Crippen LogP contribution in [0, 0.1) is 0 Å². The van der Waals surface area contributed by atoms with Gasteiger partial charge in [-0.15, -0.1) is 0 Å². The molecule has 0 aliphatic rings. The van der Waals surface area contributed by atoms with Gasteiger partial charge >= 0.3 is 6.18 Å². The molecule has 3 aromatic heterocycles. The number of pyridine rings is 2. The Morgan fingerprint density at radius 1 is 1.04 bits per heavy atom. The summed E-state index contributed by atoms with van der Waals surface area (Å²) in [6.07, 6.45) is -3.26. The molecule has 0 unspecified atom stereocenters. The first-order valence-electron chi connectivity index (χ1n) is 7.02. The van der Waals surface area contributed by atoms with Crippen molar-refractivity contribution in [3.63, 3.8) is 0 Å². The van der Waals surface area contributed by atoms with E-state index in [-0.39, 0.29) is 17.0 Å². The minimum Gasteiger partial charge on any atom is -0.464 e. The number of alkyl halides is 3. The van der Waals surface area contributed by atoms with E-state index in [1.165, 1.54) is 6.26 Å². The van der Waals surface area contributed by atoms with Crippen LogP contribution in [0.4, 0.5) is 13.2 Å². The van der Waals surface area contributed by atoms with Crippen molar-refractivity contribution in [3.05, 3.63) is 64.8 Å². The number of hydrogen-bond acceptors (Lipinski definition) is 3. The van der Waals surface area contributed by atoms with Crippen LogP contribution in [0.2, 0.25) is 0 Å². The van der Waals surface area contributed by atoms with Crippen LogP contribution >= 0.6 is 0 Å². The van der Waals surface area contributed by atoms with Crippen LogP contribution in [-0.4, -0.2) is 9.97 Å². The first-order chi connectivity index (χ1) is 11.4. The van der Waals surface area contributed by atoms with Gasteiger partial charge in [0.2, 0.25) is 0 Å². The fraction of sp³-hybridized carbons (Fsp3) is 0.0588. The van der Waals surface area contributed by atoms with Gasteiger partial charge in [0.15, 0.2) is 0 Å². The van der Waals surface area contributed by atoms with Crippen molar-refractivity contribution in [1.29, 1.82) is 0 Å². The molecule has 120 valence electrons. The summed E-state index contributed by atoms with van der Waals surface area (Å²) in [5.74, 6) is 0.269. The standard InChI is InChI=1S/C17H9F3N2O2/c18-17(19,20)13-8-11(12-6-3-7-24-12)14-9-4-1-2-5-10(9)16(23)22-15(14)21-13/h1-8H,(H,21,22,23). The Kier molecular flexibility index (Phi) is 2.99. The van der Waals surface area contributed by atoms with Gasteiger partial charge in [0.1, 0.15) is 17.1 Å². The highest BCUT2D eigenvalue weighted by molar-refractivity contribution is 6.10. The zero-order valence-corrected chi connectivity index (χ0v) is 12.0. The average Bonchev–Trinajstić information content (AvgIpc) is 3.07. The van der Waals surface area contributed by atoms with Crippen LogP contribution in [0.25, 0.3) is 33.1 Å². The summed E-state index contributed by atoms with van der Waals surface area (Å²) in [6, 6.07) is 10.8. The van der Waals surface area contributed by atoms with E-state index in [1.54, 1.807) is 36.4 Å². The summed E-state index contributed by atoms with van der Waals surface area (Å²) in [5.41, 5.74) is -1.48. The Morgan fingerprint density at radius 2 is 1.79 bits per heavy atom. The van der Waals surface area contributed by atoms with Gasteiger partial charge in [-0.05, 0) is 29.7 Å². The highest BCUT2D eigenvalue weighted by Gasteiger charge is 2.34. The number of aromatic amines is 1. The topological polar surface area (TPSA) is 58.9 Å². The molecule has 1 N–H and O–H groups in total. The zero-order chi connectivity index (χ0) is 16.9. The molecule has 0 fully saturated rings. The van der Waals surface area contributed by atoms with Gasteiger partial charge in [0.05, 0.1) is 6.26 Å². The van der Waals surface area contributed by atoms with Crippen molar-refractivity contribution < 1.29 is 17.6 Å². The molecule has 0 aliphatic carbocycles. The lowest BCUT2D eigenvalue weighted by atomic mass is 10.0. The maximum Gasteiger partial charge on any atom is 0.433 e. The molecule has 0 atom stereocenters. The molecular weight excluding hydrogens is 321 g/mol. The molecule has 7 heteroatoms. The summed E-state index contributed by atoms with van der Waals surface area (Å²) in [5, 5.41) is 1.30. The van der Waals surface area contributed by atoms with Crippen molar-refractivity contribution in [3.8, 4) is 11.3 Å². The average molecular weight is 330 g/mol. The van der Waals surface area contributed by atoms with E-state index in [9.17, 15) is 18.0 Å². The Labute approximate surface area is 132 Å². The van der Waals surface area contributed by atoms with Gasteiger partial charge in [0, 0.05) is 16.3 Å². The van der Waals surface area contributed by atoms with Crippen molar-refractivity contribution in [2.45, 2.75) is 6.18 Å². The van der Waals surface area contributed by atoms with Gasteiger partial charge in [-0.3, -0.25) is 4.79 Å². The molecular formula is C17H9F3N2O2. The summed E-state index contributed by atoms with van der Waals surface area (Å²) in [6.45, 7) is 0. The number of aromatic nitrogens is 2. The first kappa shape index (κ1) is 14.5. The SMILES string of the molecule is O=c1[nH]c2nc(C(F)(F)F)cc(-c3ccco3)c2c2ccccc12. The number of furan rings is 1. The number of fused-ring (bicyclic) bond motifs is 3. The number of nitrogens with zero attached hydrogens (tertiary/aromatic N) is 1. The third-order valence-electron chi connectivity index (χ3n) is 3.77. The Bertz CT molecular complexity index is 1110. The molecule has 4 aromatic rings. The third-order valence-corrected chi connectivity index (χ3v) is 3.77. The van der Waals surface area contributed by atoms with E-state index < -0.39 is 17.4 Å². The number of benzene rings is 1. The molecule has 0 radical (unpaired) electrons. The second-order valence-electron chi connectivity index (χ2n) is 5.25. The quantitative estimate of drug-likeness (QED) is 0.528. The van der Waals surface area contributed by atoms with Crippen molar-refractivity contribution in [1.82, 2.24) is 9.97 Å². The normalized spacial score (nSPS) is 12.1. The van der Waals surface area contributed by atoms with Crippen LogP contribution in [-0.2, 0) is 6.18 Å². The lowest BCUT2D eigenvalue weighted by Crippen LogP contribution is -2.12. The number of nitrogens with one attached hydrogen (secondary N) is 1. The Hall–Kier alpha value is -3.09. The highest BCUT2D eigenvalue weighted by atomic mass is 19.4. The van der Waals surface area contributed by atoms with E-state index in [4.69, 9.17) is 4.42 Å². The molecule has 24 heavy (non-hydrogen) atoms. The van der Waals surface area contributed by atoms with Crippen LogP contribution in [0.5, 0.6) is 0 Å². The molecule has 0 spiro atoms. The fourth-order valence-electron chi connectivity index (χ4n) is 2.75. The fourth-order valence-corrected chi connectivity index (χ4v) is 2.75. The van der Waals surface area contributed by atoms with E-state index in [0.29, 0.717) is 16.2 Å². The number of H-pyrrole nitrogens is 1. The van der Waals surface area contributed by atoms with Crippen molar-refractivity contribution in [2.75, 3.05) is 0 Å². The maximum atomic E-state index is 13.2. The van der Waals surface area contributed by atoms with Gasteiger partial charge in [0.25, 0.3) is 5.56 Å². The third kappa shape index (κ3) is 2.17. The van der Waals surface area contributed by atoms with Crippen LogP contribution in [0.1, 0.15) is 5.69 Å². The van der Waals surface area contributed by atoms with Crippen LogP contribution < -0.4 is 5.56 Å². The second kappa shape index (κ2) is 4.95. The lowest BCUT2D eigenvalue weighted by molar-refractivity contribution is -0.140. The smallest absolute Gasteiger partial charge is 0.433 e. The van der Waals surface area contributed by atoms with Crippen molar-refractivity contribution in [2.24, 2.45) is 0 Å². The number of rotatable bonds is 1. The van der Waals surface area contributed by atoms with E-state index in [1.807, 2.05) is 0 Å². The summed E-state index contributed by atoms with van der Waals surface area (Å²) >= 11 is 0. The molecule has 0 saturated heterocycles. The molecule has 0 aliphatic heterocycles. The second-order valence-corrected chi connectivity index (χ2v) is 5.25. The molecule has 0 amide bonds. The number of halogens is 3. The lowest BCUT2D eigenvalue weighted by Gasteiger charge is -2.12. The Morgan fingerprint density at radius 3 is 2.46 bits per heavy atom. The largest absolute Gasteiger partial charge is 0.464 e. The van der Waals surface area contributed by atoms with Crippen LogP contribution in [0.3, 0.4) is 0 Å². The molecule has 0 saturated carbocycles. The summed E-state index contributed by atoms with van der Waals surface area (Å²) in [7, 11) is 0. The van der Waals surface area contributed by atoms with E-state index >= 15 is 0 Å². The molecule has 3 heterocycles. The number of hydrogen-bond donors (Lipinski definition) is 1. The van der Waals surface area contributed by atoms with Crippen molar-refractivity contribution >= 4 is 21.8 Å². The Balaban J connectivity index is 2.24. The highest BCUT2D eigenvalue weighted by Crippen LogP contribution is 2.36. The van der Waals surface area contributed by atoms with E-state index in [0.717, 1.165) is 6.07 Å². The first-order valence-corrected chi connectivity index (χ1v) is 7.02. The molecule has 4 nitrogen and oxygen atoms in total. The maximum absolute atomic E-state index is 13.2. The zero-order valence-electron chi connectivity index (χ0n) is 12.0.